The number of nitrogens with one attached hydrogen (secondary N) is 1. The highest BCUT2D eigenvalue weighted by Crippen LogP contribution is 2.46. The molecule has 3 aromatic carbocycles. The van der Waals surface area contributed by atoms with Gasteiger partial charge in [0.05, 0.1) is 6.04 Å². The number of carbonyl (C=O) groups is 1. The van der Waals surface area contributed by atoms with Crippen LogP contribution in [0.4, 0.5) is 0 Å². The third-order valence-electron chi connectivity index (χ3n) is 4.37. The molecule has 0 saturated heterocycles. The number of hydrogen-bond donors (Lipinski definition) is 1. The first kappa shape index (κ1) is 18.2. The van der Waals surface area contributed by atoms with Crippen molar-refractivity contribution in [3.05, 3.63) is 96.6 Å². The lowest BCUT2D eigenvalue weighted by Gasteiger charge is -2.26. The van der Waals surface area contributed by atoms with Crippen molar-refractivity contribution in [3.8, 4) is 0 Å². The van der Waals surface area contributed by atoms with Crippen molar-refractivity contribution in [1.82, 2.24) is 5.32 Å². The van der Waals surface area contributed by atoms with Crippen LogP contribution in [0.5, 0.6) is 0 Å². The van der Waals surface area contributed by atoms with Crippen molar-refractivity contribution in [2.24, 2.45) is 0 Å². The second-order valence-electron chi connectivity index (χ2n) is 6.26. The van der Waals surface area contributed by atoms with Crippen LogP contribution in [0.3, 0.4) is 0 Å². The van der Waals surface area contributed by atoms with Crippen LogP contribution < -0.4 is 15.9 Å². The summed E-state index contributed by atoms with van der Waals surface area (Å²) in [5.74, 6) is -0.133. The molecule has 0 aliphatic carbocycles. The van der Waals surface area contributed by atoms with Crippen LogP contribution in [0.15, 0.2) is 91.0 Å². The zero-order valence-electron chi connectivity index (χ0n) is 14.7. The van der Waals surface area contributed by atoms with Crippen molar-refractivity contribution < 1.29 is 9.36 Å². The summed E-state index contributed by atoms with van der Waals surface area (Å²) >= 11 is 0. The third kappa shape index (κ3) is 4.12. The zero-order chi connectivity index (χ0) is 18.4. The van der Waals surface area contributed by atoms with E-state index in [1.807, 2.05) is 91.0 Å². The number of amides is 1. The van der Waals surface area contributed by atoms with Crippen molar-refractivity contribution in [2.75, 3.05) is 6.16 Å². The van der Waals surface area contributed by atoms with E-state index < -0.39 is 7.14 Å². The molecule has 0 spiro atoms. The van der Waals surface area contributed by atoms with Gasteiger partial charge < -0.3 is 9.88 Å². The van der Waals surface area contributed by atoms with E-state index in [0.29, 0.717) is 6.16 Å². The van der Waals surface area contributed by atoms with Gasteiger partial charge in [-0.3, -0.25) is 4.79 Å². The van der Waals surface area contributed by atoms with Gasteiger partial charge in [-0.25, -0.2) is 0 Å². The van der Waals surface area contributed by atoms with E-state index in [1.54, 1.807) is 0 Å². The van der Waals surface area contributed by atoms with Gasteiger partial charge in [0.15, 0.2) is 0 Å². The summed E-state index contributed by atoms with van der Waals surface area (Å²) < 4.78 is 14.2. The molecule has 0 unspecified atom stereocenters. The normalized spacial score (nSPS) is 12.3. The Kier molecular flexibility index (Phi) is 5.70. The molecule has 0 bridgehead atoms. The van der Waals surface area contributed by atoms with E-state index in [0.717, 1.165) is 16.2 Å². The predicted molar refractivity (Wildman–Crippen MR) is 108 cm³/mol. The Morgan fingerprint density at radius 3 is 1.65 bits per heavy atom. The maximum Gasteiger partial charge on any atom is 0.217 e. The molecule has 1 amide bonds. The molecule has 0 heterocycles. The highest BCUT2D eigenvalue weighted by Gasteiger charge is 2.31. The Bertz CT molecular complexity index is 852. The van der Waals surface area contributed by atoms with Crippen molar-refractivity contribution in [1.29, 1.82) is 0 Å². The molecule has 0 radical (unpaired) electrons. The predicted octanol–water partition coefficient (Wildman–Crippen LogP) is 3.88. The SMILES string of the molecule is CC(=O)N[C@H](CP(=O)(c1ccccc1)c1ccccc1)c1ccccc1. The Hall–Kier alpha value is -2.64. The Morgan fingerprint density at radius 2 is 1.23 bits per heavy atom. The topological polar surface area (TPSA) is 46.2 Å². The Labute approximate surface area is 154 Å². The van der Waals surface area contributed by atoms with Gasteiger partial charge >= 0.3 is 0 Å². The first-order valence-corrected chi connectivity index (χ1v) is 10.5. The largest absolute Gasteiger partial charge is 0.349 e. The monoisotopic (exact) mass is 363 g/mol. The molecule has 3 rings (SSSR count). The van der Waals surface area contributed by atoms with Gasteiger partial charge in [0.1, 0.15) is 7.14 Å². The molecule has 132 valence electrons. The standard InChI is InChI=1S/C22H22NO2P/c1-18(24)23-22(19-11-5-2-6-12-19)17-26(25,20-13-7-3-8-14-20)21-15-9-4-10-16-21/h2-16,22H,17H2,1H3,(H,23,24)/t22-/m1/s1. The highest BCUT2D eigenvalue weighted by atomic mass is 31.2. The fraction of sp³-hybridized carbons (Fsp3) is 0.136. The molecule has 0 aromatic heterocycles. The van der Waals surface area contributed by atoms with E-state index in [4.69, 9.17) is 0 Å². The van der Waals surface area contributed by atoms with Gasteiger partial charge in [-0.2, -0.15) is 0 Å². The molecule has 0 aliphatic rings. The Morgan fingerprint density at radius 1 is 0.808 bits per heavy atom. The van der Waals surface area contributed by atoms with Crippen molar-refractivity contribution >= 4 is 23.7 Å². The summed E-state index contributed by atoms with van der Waals surface area (Å²) in [5, 5.41) is 4.59. The summed E-state index contributed by atoms with van der Waals surface area (Å²) in [6.45, 7) is 1.49. The second-order valence-corrected chi connectivity index (χ2v) is 9.13. The maximum atomic E-state index is 14.2. The molecule has 1 N–H and O–H groups in total. The molecule has 3 nitrogen and oxygen atoms in total. The fourth-order valence-electron chi connectivity index (χ4n) is 3.12. The van der Waals surface area contributed by atoms with Gasteiger partial charge in [-0.05, 0) is 5.56 Å². The van der Waals surface area contributed by atoms with Crippen LogP contribution in [0, 0.1) is 0 Å². The summed E-state index contributed by atoms with van der Waals surface area (Å²) in [5.41, 5.74) is 0.954. The minimum absolute atomic E-state index is 0.133. The van der Waals surface area contributed by atoms with Crippen LogP contribution in [-0.4, -0.2) is 12.1 Å². The molecule has 26 heavy (non-hydrogen) atoms. The number of carbonyl (C=O) groups excluding carboxylic acids is 1. The van der Waals surface area contributed by atoms with E-state index in [2.05, 4.69) is 5.32 Å². The van der Waals surface area contributed by atoms with Crippen LogP contribution >= 0.6 is 7.14 Å². The van der Waals surface area contributed by atoms with E-state index >= 15 is 0 Å². The minimum atomic E-state index is -2.92. The van der Waals surface area contributed by atoms with Gasteiger partial charge in [0, 0.05) is 23.7 Å². The minimum Gasteiger partial charge on any atom is -0.349 e. The van der Waals surface area contributed by atoms with E-state index in [1.165, 1.54) is 6.92 Å². The van der Waals surface area contributed by atoms with Crippen molar-refractivity contribution in [3.63, 3.8) is 0 Å². The lowest BCUT2D eigenvalue weighted by Crippen LogP contribution is -2.32. The van der Waals surface area contributed by atoms with Crippen LogP contribution in [0.25, 0.3) is 0 Å². The van der Waals surface area contributed by atoms with Gasteiger partial charge in [-0.15, -0.1) is 0 Å². The first-order valence-electron chi connectivity index (χ1n) is 8.62. The molecular formula is C22H22NO2P. The lowest BCUT2D eigenvalue weighted by molar-refractivity contribution is -0.119. The summed E-state index contributed by atoms with van der Waals surface area (Å²) in [6.07, 6.45) is 0.338. The number of benzene rings is 3. The van der Waals surface area contributed by atoms with Gasteiger partial charge in [0.2, 0.25) is 5.91 Å². The number of rotatable bonds is 6. The van der Waals surface area contributed by atoms with E-state index in [9.17, 15) is 9.36 Å². The number of hydrogen-bond acceptors (Lipinski definition) is 2. The van der Waals surface area contributed by atoms with Gasteiger partial charge in [-0.1, -0.05) is 91.0 Å². The second kappa shape index (κ2) is 8.16. The maximum absolute atomic E-state index is 14.2. The summed E-state index contributed by atoms with van der Waals surface area (Å²) in [6, 6.07) is 28.5. The lowest BCUT2D eigenvalue weighted by atomic mass is 10.1. The summed E-state index contributed by atoms with van der Waals surface area (Å²) in [4.78, 5) is 11.8. The average Bonchev–Trinajstić information content (AvgIpc) is 2.69. The average molecular weight is 363 g/mol. The summed E-state index contributed by atoms with van der Waals surface area (Å²) in [7, 11) is -2.92. The smallest absolute Gasteiger partial charge is 0.217 e. The molecular weight excluding hydrogens is 341 g/mol. The highest BCUT2D eigenvalue weighted by molar-refractivity contribution is 7.78. The van der Waals surface area contributed by atoms with Gasteiger partial charge in [0.25, 0.3) is 0 Å². The van der Waals surface area contributed by atoms with E-state index in [-0.39, 0.29) is 11.9 Å². The zero-order valence-corrected chi connectivity index (χ0v) is 15.6. The van der Waals surface area contributed by atoms with Crippen LogP contribution in [0.1, 0.15) is 18.5 Å². The molecule has 0 fully saturated rings. The molecule has 0 saturated carbocycles. The van der Waals surface area contributed by atoms with Crippen molar-refractivity contribution in [2.45, 2.75) is 13.0 Å². The van der Waals surface area contributed by atoms with Crippen LogP contribution in [0.2, 0.25) is 0 Å². The molecule has 4 heteroatoms. The molecule has 0 aliphatic heterocycles. The third-order valence-corrected chi connectivity index (χ3v) is 7.51. The fourth-order valence-corrected chi connectivity index (χ4v) is 5.96. The first-order chi connectivity index (χ1) is 12.6. The molecule has 1 atom stereocenters. The van der Waals surface area contributed by atoms with Crippen LogP contribution in [-0.2, 0) is 9.36 Å². The quantitative estimate of drug-likeness (QED) is 0.676. The molecule has 3 aromatic rings. The Balaban J connectivity index is 2.07.